The van der Waals surface area contributed by atoms with E-state index in [-0.39, 0.29) is 12.3 Å². The number of hydrogen-bond acceptors (Lipinski definition) is 6. The molecule has 0 aliphatic heterocycles. The van der Waals surface area contributed by atoms with Crippen LogP contribution in [0.5, 0.6) is 5.75 Å². The van der Waals surface area contributed by atoms with Gasteiger partial charge in [0.25, 0.3) is 0 Å². The molecule has 1 aliphatic rings. The van der Waals surface area contributed by atoms with Crippen molar-refractivity contribution in [1.82, 2.24) is 4.98 Å². The summed E-state index contributed by atoms with van der Waals surface area (Å²) in [6.07, 6.45) is 0.449. The molecule has 1 aromatic heterocycles. The number of thiazole rings is 1. The zero-order valence-corrected chi connectivity index (χ0v) is 20.3. The lowest BCUT2D eigenvalue weighted by Crippen LogP contribution is -2.46. The molecular weight excluding hydrogens is 438 g/mol. The molecule has 8 heteroatoms. The first-order valence-corrected chi connectivity index (χ1v) is 11.8. The lowest BCUT2D eigenvalue weighted by molar-refractivity contribution is -0.870. The highest BCUT2D eigenvalue weighted by molar-refractivity contribution is 7.22. The number of ether oxygens (including phenoxy) is 1. The first-order valence-electron chi connectivity index (χ1n) is 10.9. The van der Waals surface area contributed by atoms with E-state index < -0.39 is 11.4 Å². The van der Waals surface area contributed by atoms with Crippen LogP contribution in [0.25, 0.3) is 10.2 Å². The van der Waals surface area contributed by atoms with Gasteiger partial charge in [-0.3, -0.25) is 9.69 Å². The Morgan fingerprint density at radius 1 is 1.15 bits per heavy atom. The lowest BCUT2D eigenvalue weighted by Gasteiger charge is -2.31. The number of likely N-dealkylation sites (N-methyl/N-ethyl adjacent to an activating group) is 1. The van der Waals surface area contributed by atoms with Crippen LogP contribution in [-0.4, -0.2) is 62.7 Å². The molecule has 2 aromatic carbocycles. The van der Waals surface area contributed by atoms with Crippen LogP contribution in [0.15, 0.2) is 42.5 Å². The highest BCUT2D eigenvalue weighted by Gasteiger charge is 2.45. The third-order valence-electron chi connectivity index (χ3n) is 6.08. The quantitative estimate of drug-likeness (QED) is 0.475. The van der Waals surface area contributed by atoms with Crippen LogP contribution in [-0.2, 0) is 22.4 Å². The minimum atomic E-state index is -1.22. The van der Waals surface area contributed by atoms with Gasteiger partial charge in [-0.2, -0.15) is 0 Å². The highest BCUT2D eigenvalue weighted by atomic mass is 32.1. The van der Waals surface area contributed by atoms with Gasteiger partial charge in [0.1, 0.15) is 18.9 Å². The van der Waals surface area contributed by atoms with E-state index in [4.69, 9.17) is 4.74 Å². The fourth-order valence-corrected chi connectivity index (χ4v) is 5.24. The Hall–Kier alpha value is -2.97. The zero-order chi connectivity index (χ0) is 23.8. The Labute approximate surface area is 197 Å². The van der Waals surface area contributed by atoms with Crippen LogP contribution >= 0.6 is 11.3 Å². The van der Waals surface area contributed by atoms with E-state index >= 15 is 0 Å². The summed E-state index contributed by atoms with van der Waals surface area (Å²) < 4.78 is 7.63. The van der Waals surface area contributed by atoms with Crippen molar-refractivity contribution in [3.63, 3.8) is 0 Å². The van der Waals surface area contributed by atoms with Gasteiger partial charge in [-0.15, -0.1) is 0 Å². The van der Waals surface area contributed by atoms with Crippen LogP contribution in [0.4, 0.5) is 5.13 Å². The molecule has 0 bridgehead atoms. The fourth-order valence-electron chi connectivity index (χ4n) is 4.33. The second-order valence-corrected chi connectivity index (χ2v) is 10.8. The van der Waals surface area contributed by atoms with Gasteiger partial charge in [-0.25, -0.2) is 4.98 Å². The summed E-state index contributed by atoms with van der Waals surface area (Å²) in [6, 6.07) is 13.5. The number of anilines is 1. The number of fused-ring (bicyclic) bond motifs is 2. The van der Waals surface area contributed by atoms with Gasteiger partial charge in [0.05, 0.1) is 36.8 Å². The predicted molar refractivity (Wildman–Crippen MR) is 127 cm³/mol. The minimum absolute atomic E-state index is 0.249. The maximum absolute atomic E-state index is 13.6. The molecule has 0 atom stereocenters. The van der Waals surface area contributed by atoms with E-state index in [1.807, 2.05) is 42.5 Å². The molecule has 7 nitrogen and oxygen atoms in total. The van der Waals surface area contributed by atoms with Crippen molar-refractivity contribution in [2.45, 2.75) is 19.3 Å². The Morgan fingerprint density at radius 3 is 2.42 bits per heavy atom. The SMILES string of the molecule is CN(C(=O)C1(CC(=O)[O-])Cc2ccccc2C1)c1nc2cc(OCC[N+](C)(C)C)ccc2s1. The number of benzene rings is 2. The topological polar surface area (TPSA) is 82.6 Å². The van der Waals surface area contributed by atoms with Crippen LogP contribution in [0.2, 0.25) is 0 Å². The first-order chi connectivity index (χ1) is 15.6. The monoisotopic (exact) mass is 467 g/mol. The molecule has 33 heavy (non-hydrogen) atoms. The molecule has 0 spiro atoms. The van der Waals surface area contributed by atoms with E-state index in [1.54, 1.807) is 7.05 Å². The van der Waals surface area contributed by atoms with E-state index in [1.165, 1.54) is 16.2 Å². The molecule has 0 radical (unpaired) electrons. The van der Waals surface area contributed by atoms with Crippen LogP contribution in [0, 0.1) is 5.41 Å². The number of aliphatic carboxylic acids is 1. The number of nitrogens with zero attached hydrogens (tertiary/aromatic N) is 3. The van der Waals surface area contributed by atoms with Crippen LogP contribution in [0.3, 0.4) is 0 Å². The molecular formula is C25H29N3O4S. The Kier molecular flexibility index (Phi) is 6.16. The van der Waals surface area contributed by atoms with Gasteiger partial charge in [0.2, 0.25) is 5.91 Å². The summed E-state index contributed by atoms with van der Waals surface area (Å²) in [5, 5.41) is 12.1. The summed E-state index contributed by atoms with van der Waals surface area (Å²) in [6.45, 7) is 1.47. The second kappa shape index (κ2) is 8.76. The number of rotatable bonds is 8. The van der Waals surface area contributed by atoms with Crippen LogP contribution < -0.4 is 14.7 Å². The molecule has 0 fully saturated rings. The largest absolute Gasteiger partial charge is 0.550 e. The number of hydrogen-bond donors (Lipinski definition) is 0. The summed E-state index contributed by atoms with van der Waals surface area (Å²) in [5.41, 5.74) is 1.72. The van der Waals surface area contributed by atoms with Crippen molar-refractivity contribution in [3.05, 3.63) is 53.6 Å². The van der Waals surface area contributed by atoms with E-state index in [0.29, 0.717) is 24.6 Å². The summed E-state index contributed by atoms with van der Waals surface area (Å²) in [7, 11) is 8.01. The molecule has 1 aliphatic carbocycles. The van der Waals surface area contributed by atoms with Crippen LogP contribution in [0.1, 0.15) is 17.5 Å². The van der Waals surface area contributed by atoms with Crippen molar-refractivity contribution in [2.75, 3.05) is 46.2 Å². The molecule has 1 heterocycles. The van der Waals surface area contributed by atoms with Crippen molar-refractivity contribution in [2.24, 2.45) is 5.41 Å². The molecule has 3 aromatic rings. The van der Waals surface area contributed by atoms with E-state index in [9.17, 15) is 14.7 Å². The van der Waals surface area contributed by atoms with Crippen molar-refractivity contribution >= 4 is 38.6 Å². The number of quaternary nitrogens is 1. The molecule has 174 valence electrons. The summed E-state index contributed by atoms with van der Waals surface area (Å²) >= 11 is 1.40. The fraction of sp³-hybridized carbons (Fsp3) is 0.400. The second-order valence-electron chi connectivity index (χ2n) is 9.80. The molecule has 4 rings (SSSR count). The maximum atomic E-state index is 13.6. The first kappa shape index (κ1) is 23.2. The number of amides is 1. The minimum Gasteiger partial charge on any atom is -0.550 e. The van der Waals surface area contributed by atoms with Gasteiger partial charge >= 0.3 is 0 Å². The molecule has 0 unspecified atom stereocenters. The van der Waals surface area contributed by atoms with E-state index in [2.05, 4.69) is 26.1 Å². The summed E-state index contributed by atoms with van der Waals surface area (Å²) in [4.78, 5) is 31.4. The Balaban J connectivity index is 1.56. The Morgan fingerprint density at radius 2 is 1.82 bits per heavy atom. The number of aromatic nitrogens is 1. The van der Waals surface area contributed by atoms with E-state index in [0.717, 1.165) is 38.1 Å². The average Bonchev–Trinajstić information content (AvgIpc) is 3.32. The number of carbonyl (C=O) groups excluding carboxylic acids is 2. The van der Waals surface area contributed by atoms with Crippen molar-refractivity contribution in [3.8, 4) is 5.75 Å². The van der Waals surface area contributed by atoms with Crippen molar-refractivity contribution in [1.29, 1.82) is 0 Å². The third-order valence-corrected chi connectivity index (χ3v) is 7.20. The highest BCUT2D eigenvalue weighted by Crippen LogP contribution is 2.42. The van der Waals surface area contributed by atoms with Gasteiger partial charge < -0.3 is 19.1 Å². The molecule has 1 amide bonds. The standard InChI is InChI=1S/C25H29N3O4S/c1-27(23(31)25(16-22(29)30)14-17-7-5-6-8-18(17)15-25)24-26-20-13-19(9-10-21(20)33-24)32-12-11-28(2,3)4/h5-10,13H,11-12,14-16H2,1-4H3. The number of carbonyl (C=O) groups is 2. The molecule has 0 N–H and O–H groups in total. The predicted octanol–water partition coefficient (Wildman–Crippen LogP) is 2.27. The molecule has 0 saturated heterocycles. The maximum Gasteiger partial charge on any atom is 0.235 e. The van der Waals surface area contributed by atoms with Gasteiger partial charge in [-0.05, 0) is 36.1 Å². The average molecular weight is 468 g/mol. The third kappa shape index (κ3) is 5.02. The molecule has 0 saturated carbocycles. The van der Waals surface area contributed by atoms with Crippen molar-refractivity contribution < 1.29 is 23.9 Å². The summed E-state index contributed by atoms with van der Waals surface area (Å²) in [5.74, 6) is -0.729. The Bertz CT molecular complexity index is 1170. The number of carboxylic acid groups (broad SMARTS) is 1. The smallest absolute Gasteiger partial charge is 0.235 e. The van der Waals surface area contributed by atoms with Gasteiger partial charge in [-0.1, -0.05) is 35.6 Å². The zero-order valence-electron chi connectivity index (χ0n) is 19.5. The number of carboxylic acids is 1. The normalized spacial score (nSPS) is 14.8. The lowest BCUT2D eigenvalue weighted by atomic mass is 9.80. The van der Waals surface area contributed by atoms with Gasteiger partial charge in [0, 0.05) is 25.5 Å². The van der Waals surface area contributed by atoms with Gasteiger partial charge in [0.15, 0.2) is 5.13 Å².